The largest absolute Gasteiger partial charge is 0.366 e. The molecular formula is C24H28N8. The summed E-state index contributed by atoms with van der Waals surface area (Å²) in [6.45, 7) is 2.35. The number of fused-ring (bicyclic) bond motifs is 1. The van der Waals surface area contributed by atoms with E-state index in [0.29, 0.717) is 24.8 Å². The van der Waals surface area contributed by atoms with Crippen molar-refractivity contribution in [2.75, 3.05) is 23.3 Å². The molecule has 1 aromatic carbocycles. The van der Waals surface area contributed by atoms with Crippen molar-refractivity contribution in [2.24, 2.45) is 5.73 Å². The number of H-pyrrole nitrogens is 1. The lowest BCUT2D eigenvalue weighted by Crippen LogP contribution is -2.41. The zero-order valence-corrected chi connectivity index (χ0v) is 18.0. The van der Waals surface area contributed by atoms with Gasteiger partial charge < -0.3 is 16.0 Å². The molecule has 164 valence electrons. The van der Waals surface area contributed by atoms with Gasteiger partial charge in [-0.15, -0.1) is 0 Å². The van der Waals surface area contributed by atoms with Crippen LogP contribution in [0.5, 0.6) is 0 Å². The van der Waals surface area contributed by atoms with Crippen LogP contribution in [0.2, 0.25) is 0 Å². The van der Waals surface area contributed by atoms with Gasteiger partial charge in [0, 0.05) is 25.3 Å². The van der Waals surface area contributed by atoms with Gasteiger partial charge in [0.15, 0.2) is 5.65 Å². The van der Waals surface area contributed by atoms with Crippen LogP contribution in [0.4, 0.5) is 11.8 Å². The van der Waals surface area contributed by atoms with Crippen LogP contribution >= 0.6 is 0 Å². The fourth-order valence-corrected chi connectivity index (χ4v) is 4.35. The third kappa shape index (κ3) is 4.27. The van der Waals surface area contributed by atoms with Gasteiger partial charge >= 0.3 is 0 Å². The summed E-state index contributed by atoms with van der Waals surface area (Å²) in [4.78, 5) is 16.5. The van der Waals surface area contributed by atoms with Crippen LogP contribution in [-0.2, 0) is 6.54 Å². The van der Waals surface area contributed by atoms with E-state index in [1.165, 1.54) is 12.0 Å². The molecule has 0 spiro atoms. The van der Waals surface area contributed by atoms with E-state index in [0.717, 1.165) is 54.3 Å². The van der Waals surface area contributed by atoms with E-state index in [9.17, 15) is 0 Å². The maximum absolute atomic E-state index is 5.83. The van der Waals surface area contributed by atoms with Crippen molar-refractivity contribution in [1.29, 1.82) is 0 Å². The topological polar surface area (TPSA) is 109 Å². The monoisotopic (exact) mass is 428 g/mol. The van der Waals surface area contributed by atoms with Crippen molar-refractivity contribution in [3.8, 4) is 11.4 Å². The third-order valence-electron chi connectivity index (χ3n) is 6.00. The Morgan fingerprint density at radius 3 is 2.84 bits per heavy atom. The molecule has 8 heteroatoms. The first kappa shape index (κ1) is 20.4. The first-order chi connectivity index (χ1) is 15.8. The summed E-state index contributed by atoms with van der Waals surface area (Å²) in [5.74, 6) is 1.55. The number of hydrogen-bond donors (Lipinski definition) is 3. The SMILES string of the molecule is NCCC1CCCCN1c1ncc2c(-c3cccc(NCc4ccccc4)n3)[nH]nc2n1. The second-order valence-corrected chi connectivity index (χ2v) is 8.17. The number of nitrogens with two attached hydrogens (primary N) is 1. The second kappa shape index (κ2) is 9.32. The molecule has 1 saturated heterocycles. The van der Waals surface area contributed by atoms with E-state index < -0.39 is 0 Å². The van der Waals surface area contributed by atoms with Crippen LogP contribution in [0.3, 0.4) is 0 Å². The van der Waals surface area contributed by atoms with E-state index >= 15 is 0 Å². The lowest BCUT2D eigenvalue weighted by atomic mass is 10.00. The molecule has 0 aliphatic carbocycles. The quantitative estimate of drug-likeness (QED) is 0.411. The van der Waals surface area contributed by atoms with Crippen LogP contribution < -0.4 is 16.0 Å². The molecule has 1 aliphatic rings. The Bertz CT molecular complexity index is 1170. The highest BCUT2D eigenvalue weighted by Gasteiger charge is 2.24. The molecule has 32 heavy (non-hydrogen) atoms. The summed E-state index contributed by atoms with van der Waals surface area (Å²) < 4.78 is 0. The molecule has 0 radical (unpaired) electrons. The van der Waals surface area contributed by atoms with Gasteiger partial charge in [0.2, 0.25) is 5.95 Å². The molecule has 0 saturated carbocycles. The van der Waals surface area contributed by atoms with Crippen LogP contribution in [0, 0.1) is 0 Å². The Labute approximate surface area is 187 Å². The first-order valence-electron chi connectivity index (χ1n) is 11.2. The summed E-state index contributed by atoms with van der Waals surface area (Å²) in [5, 5.41) is 11.8. The number of aromatic nitrogens is 5. The average Bonchev–Trinajstić information content (AvgIpc) is 3.27. The summed E-state index contributed by atoms with van der Waals surface area (Å²) in [5.41, 5.74) is 9.33. The number of pyridine rings is 1. The van der Waals surface area contributed by atoms with Crippen LogP contribution in [0.1, 0.15) is 31.2 Å². The van der Waals surface area contributed by atoms with Crippen molar-refractivity contribution >= 4 is 22.8 Å². The van der Waals surface area contributed by atoms with Gasteiger partial charge in [-0.25, -0.2) is 9.97 Å². The summed E-state index contributed by atoms with van der Waals surface area (Å²) in [6, 6.07) is 16.6. The van der Waals surface area contributed by atoms with Crippen molar-refractivity contribution in [2.45, 2.75) is 38.3 Å². The van der Waals surface area contributed by atoms with E-state index in [2.05, 4.69) is 32.5 Å². The van der Waals surface area contributed by atoms with Crippen molar-refractivity contribution < 1.29 is 0 Å². The van der Waals surface area contributed by atoms with Gasteiger partial charge in [-0.3, -0.25) is 5.10 Å². The molecule has 1 fully saturated rings. The Kier molecular flexibility index (Phi) is 5.93. The smallest absolute Gasteiger partial charge is 0.227 e. The Balaban J connectivity index is 1.38. The molecule has 0 amide bonds. The molecule has 0 bridgehead atoms. The molecule has 3 aromatic heterocycles. The molecule has 1 atom stereocenters. The minimum atomic E-state index is 0.402. The number of rotatable bonds is 7. The number of hydrogen-bond acceptors (Lipinski definition) is 7. The lowest BCUT2D eigenvalue weighted by Gasteiger charge is -2.35. The van der Waals surface area contributed by atoms with E-state index in [1.807, 2.05) is 42.6 Å². The predicted molar refractivity (Wildman–Crippen MR) is 127 cm³/mol. The van der Waals surface area contributed by atoms with Crippen molar-refractivity contribution in [3.63, 3.8) is 0 Å². The Hall–Kier alpha value is -3.52. The summed E-state index contributed by atoms with van der Waals surface area (Å²) in [6.07, 6.45) is 6.34. The number of piperidine rings is 1. The standard InChI is InChI=1S/C24H28N8/c25-13-12-18-9-4-5-14-32(18)24-27-16-19-22(30-31-23(19)29-24)20-10-6-11-21(28-20)26-15-17-7-2-1-3-8-17/h1-3,6-8,10-11,16,18H,4-5,9,12-15,25H2,(H,26,28)(H,27,29,30,31). The van der Waals surface area contributed by atoms with E-state index in [-0.39, 0.29) is 0 Å². The van der Waals surface area contributed by atoms with Gasteiger partial charge in [-0.05, 0) is 49.9 Å². The molecule has 1 aliphatic heterocycles. The predicted octanol–water partition coefficient (Wildman–Crippen LogP) is 3.73. The highest BCUT2D eigenvalue weighted by Crippen LogP contribution is 2.28. The molecule has 4 N–H and O–H groups in total. The first-order valence-corrected chi connectivity index (χ1v) is 11.2. The zero-order chi connectivity index (χ0) is 21.8. The van der Waals surface area contributed by atoms with Crippen molar-refractivity contribution in [1.82, 2.24) is 25.1 Å². The van der Waals surface area contributed by atoms with Gasteiger partial charge in [-0.2, -0.15) is 10.1 Å². The molecule has 8 nitrogen and oxygen atoms in total. The number of nitrogens with one attached hydrogen (secondary N) is 2. The fourth-order valence-electron chi connectivity index (χ4n) is 4.35. The summed E-state index contributed by atoms with van der Waals surface area (Å²) in [7, 11) is 0. The Morgan fingerprint density at radius 2 is 1.97 bits per heavy atom. The minimum Gasteiger partial charge on any atom is -0.366 e. The number of benzene rings is 1. The Morgan fingerprint density at radius 1 is 1.06 bits per heavy atom. The average molecular weight is 429 g/mol. The zero-order valence-electron chi connectivity index (χ0n) is 18.0. The maximum atomic E-state index is 5.83. The van der Waals surface area contributed by atoms with Gasteiger partial charge in [0.05, 0.1) is 16.8 Å². The third-order valence-corrected chi connectivity index (χ3v) is 6.00. The molecule has 4 heterocycles. The second-order valence-electron chi connectivity index (χ2n) is 8.17. The minimum absolute atomic E-state index is 0.402. The summed E-state index contributed by atoms with van der Waals surface area (Å²) >= 11 is 0. The van der Waals surface area contributed by atoms with Crippen molar-refractivity contribution in [3.05, 3.63) is 60.3 Å². The van der Waals surface area contributed by atoms with Crippen LogP contribution in [0.25, 0.3) is 22.4 Å². The lowest BCUT2D eigenvalue weighted by molar-refractivity contribution is 0.436. The molecule has 4 aromatic rings. The highest BCUT2D eigenvalue weighted by molar-refractivity contribution is 5.89. The van der Waals surface area contributed by atoms with Gasteiger partial charge in [0.25, 0.3) is 0 Å². The van der Waals surface area contributed by atoms with Gasteiger partial charge in [0.1, 0.15) is 5.82 Å². The normalized spacial score (nSPS) is 16.4. The number of aromatic amines is 1. The highest BCUT2D eigenvalue weighted by atomic mass is 15.3. The number of nitrogens with zero attached hydrogens (tertiary/aromatic N) is 5. The van der Waals surface area contributed by atoms with E-state index in [4.69, 9.17) is 20.7 Å². The van der Waals surface area contributed by atoms with Crippen LogP contribution in [0.15, 0.2) is 54.7 Å². The van der Waals surface area contributed by atoms with E-state index in [1.54, 1.807) is 0 Å². The fraction of sp³-hybridized carbons (Fsp3) is 0.333. The maximum Gasteiger partial charge on any atom is 0.227 e. The molecular weight excluding hydrogens is 400 g/mol. The molecule has 5 rings (SSSR count). The van der Waals surface area contributed by atoms with Crippen LogP contribution in [-0.4, -0.2) is 44.3 Å². The molecule has 1 unspecified atom stereocenters. The van der Waals surface area contributed by atoms with Gasteiger partial charge in [-0.1, -0.05) is 36.4 Å². The number of anilines is 2.